The number of hydrogen-bond acceptors (Lipinski definition) is 6. The van der Waals surface area contributed by atoms with Crippen LogP contribution in [0.1, 0.15) is 39.5 Å². The zero-order valence-electron chi connectivity index (χ0n) is 12.2. The van der Waals surface area contributed by atoms with Gasteiger partial charge in [-0.3, -0.25) is 0 Å². The Kier molecular flexibility index (Phi) is 4.34. The first-order valence-corrected chi connectivity index (χ1v) is 7.25. The Morgan fingerprint density at radius 3 is 2.30 bits per heavy atom. The van der Waals surface area contributed by atoms with Gasteiger partial charge in [0.2, 0.25) is 17.2 Å². The molecule has 6 nitrogen and oxygen atoms in total. The molecule has 1 saturated carbocycles. The van der Waals surface area contributed by atoms with Crippen LogP contribution in [-0.2, 0) is 0 Å². The van der Waals surface area contributed by atoms with Crippen molar-refractivity contribution in [3.8, 4) is 0 Å². The van der Waals surface area contributed by atoms with Crippen LogP contribution in [0, 0.1) is 5.41 Å². The summed E-state index contributed by atoms with van der Waals surface area (Å²) in [5, 5.41) is 16.6. The van der Waals surface area contributed by atoms with Crippen LogP contribution < -0.4 is 10.6 Å². The van der Waals surface area contributed by atoms with Crippen molar-refractivity contribution in [2.24, 2.45) is 5.41 Å². The number of hydrogen-bond donors (Lipinski definition) is 3. The van der Waals surface area contributed by atoms with Gasteiger partial charge >= 0.3 is 0 Å². The maximum atomic E-state index is 10.6. The topological polar surface area (TPSA) is 83.0 Å². The molecule has 1 aliphatic rings. The smallest absolute Gasteiger partial charge is 0.228 e. The fraction of sp³-hybridized carbons (Fsp3) is 0.769. The van der Waals surface area contributed by atoms with Gasteiger partial charge in [0.1, 0.15) is 0 Å². The highest BCUT2D eigenvalue weighted by Crippen LogP contribution is 2.40. The van der Waals surface area contributed by atoms with Gasteiger partial charge in [-0.2, -0.15) is 15.0 Å². The SMILES string of the molecule is CNc1nc(Cl)nc(NCC2(O)CCC(C)(C)CC2)n1. The Morgan fingerprint density at radius 1 is 1.10 bits per heavy atom. The monoisotopic (exact) mass is 299 g/mol. The largest absolute Gasteiger partial charge is 0.388 e. The van der Waals surface area contributed by atoms with Gasteiger partial charge in [0.15, 0.2) is 0 Å². The molecule has 0 atom stereocenters. The summed E-state index contributed by atoms with van der Waals surface area (Å²) in [7, 11) is 1.71. The normalized spacial score (nSPS) is 20.4. The summed E-state index contributed by atoms with van der Waals surface area (Å²) in [6.45, 7) is 4.91. The van der Waals surface area contributed by atoms with Gasteiger partial charge in [0.25, 0.3) is 0 Å². The Balaban J connectivity index is 1.97. The minimum absolute atomic E-state index is 0.128. The van der Waals surface area contributed by atoms with E-state index in [2.05, 4.69) is 39.4 Å². The van der Waals surface area contributed by atoms with Gasteiger partial charge in [0, 0.05) is 13.6 Å². The third-order valence-electron chi connectivity index (χ3n) is 3.94. The first kappa shape index (κ1) is 15.3. The Labute approximate surface area is 124 Å². The predicted molar refractivity (Wildman–Crippen MR) is 80.1 cm³/mol. The molecular weight excluding hydrogens is 278 g/mol. The number of anilines is 2. The average Bonchev–Trinajstić information content (AvgIpc) is 2.40. The van der Waals surface area contributed by atoms with Crippen LogP contribution in [0.25, 0.3) is 0 Å². The third kappa shape index (κ3) is 3.93. The molecule has 0 radical (unpaired) electrons. The van der Waals surface area contributed by atoms with Gasteiger partial charge in [-0.25, -0.2) is 0 Å². The van der Waals surface area contributed by atoms with E-state index in [1.165, 1.54) is 0 Å². The van der Waals surface area contributed by atoms with E-state index in [1.807, 2.05) is 0 Å². The average molecular weight is 300 g/mol. The molecule has 112 valence electrons. The van der Waals surface area contributed by atoms with Crippen molar-refractivity contribution in [3.63, 3.8) is 0 Å². The number of halogens is 1. The maximum Gasteiger partial charge on any atom is 0.228 e. The molecular formula is C13H22ClN5O. The summed E-state index contributed by atoms with van der Waals surface area (Å²) < 4.78 is 0. The van der Waals surface area contributed by atoms with Crippen LogP contribution in [0.15, 0.2) is 0 Å². The number of aliphatic hydroxyl groups is 1. The minimum atomic E-state index is -0.700. The van der Waals surface area contributed by atoms with E-state index >= 15 is 0 Å². The number of nitrogens with zero attached hydrogens (tertiary/aromatic N) is 3. The molecule has 0 unspecified atom stereocenters. The molecule has 1 fully saturated rings. The van der Waals surface area contributed by atoms with Crippen molar-refractivity contribution < 1.29 is 5.11 Å². The minimum Gasteiger partial charge on any atom is -0.388 e. The van der Waals surface area contributed by atoms with E-state index in [9.17, 15) is 5.11 Å². The molecule has 0 spiro atoms. The highest BCUT2D eigenvalue weighted by atomic mass is 35.5. The summed E-state index contributed by atoms with van der Waals surface area (Å²) in [5.74, 6) is 0.789. The van der Waals surface area contributed by atoms with E-state index in [1.54, 1.807) is 7.05 Å². The number of aromatic nitrogens is 3. The first-order valence-electron chi connectivity index (χ1n) is 6.88. The number of rotatable bonds is 4. The van der Waals surface area contributed by atoms with Gasteiger partial charge in [0.05, 0.1) is 5.60 Å². The lowest BCUT2D eigenvalue weighted by Gasteiger charge is -2.40. The molecule has 0 amide bonds. The van der Waals surface area contributed by atoms with Gasteiger partial charge in [-0.05, 0) is 42.7 Å². The first-order chi connectivity index (χ1) is 9.32. The molecule has 1 aromatic rings. The quantitative estimate of drug-likeness (QED) is 0.791. The van der Waals surface area contributed by atoms with E-state index in [0.29, 0.717) is 23.9 Å². The van der Waals surface area contributed by atoms with Crippen LogP contribution in [0.4, 0.5) is 11.9 Å². The lowest BCUT2D eigenvalue weighted by molar-refractivity contribution is -0.0146. The van der Waals surface area contributed by atoms with Crippen molar-refractivity contribution in [3.05, 3.63) is 5.28 Å². The molecule has 0 aromatic carbocycles. The fourth-order valence-electron chi connectivity index (χ4n) is 2.35. The predicted octanol–water partition coefficient (Wildman–Crippen LogP) is 2.31. The lowest BCUT2D eigenvalue weighted by atomic mass is 9.71. The zero-order valence-corrected chi connectivity index (χ0v) is 13.0. The highest BCUT2D eigenvalue weighted by molar-refractivity contribution is 6.28. The van der Waals surface area contributed by atoms with Gasteiger partial charge in [-0.15, -0.1) is 0 Å². The zero-order chi connectivity index (χ0) is 14.8. The third-order valence-corrected chi connectivity index (χ3v) is 4.11. The summed E-state index contributed by atoms with van der Waals surface area (Å²) >= 11 is 5.82. The second-order valence-corrected chi connectivity index (χ2v) is 6.58. The second-order valence-electron chi connectivity index (χ2n) is 6.24. The fourth-order valence-corrected chi connectivity index (χ4v) is 2.51. The molecule has 20 heavy (non-hydrogen) atoms. The van der Waals surface area contributed by atoms with Crippen molar-refractivity contribution in [2.45, 2.75) is 45.1 Å². The summed E-state index contributed by atoms with van der Waals surface area (Å²) in [6.07, 6.45) is 3.60. The molecule has 1 heterocycles. The molecule has 0 bridgehead atoms. The summed E-state index contributed by atoms with van der Waals surface area (Å²) in [6, 6.07) is 0. The molecule has 3 N–H and O–H groups in total. The van der Waals surface area contributed by atoms with Crippen LogP contribution >= 0.6 is 11.6 Å². The summed E-state index contributed by atoms with van der Waals surface area (Å²) in [4.78, 5) is 12.1. The standard InChI is InChI=1S/C13H22ClN5O/c1-12(2)4-6-13(20,7-5-12)8-16-11-18-9(14)17-10(15-3)19-11/h20H,4-8H2,1-3H3,(H2,15,16,17,18,19). The van der Waals surface area contributed by atoms with Crippen molar-refractivity contribution in [2.75, 3.05) is 24.2 Å². The molecule has 1 aromatic heterocycles. The van der Waals surface area contributed by atoms with E-state index in [4.69, 9.17) is 11.6 Å². The van der Waals surface area contributed by atoms with Crippen LogP contribution in [0.3, 0.4) is 0 Å². The molecule has 0 saturated heterocycles. The Hall–Kier alpha value is -1.14. The van der Waals surface area contributed by atoms with E-state index in [0.717, 1.165) is 25.7 Å². The molecule has 7 heteroatoms. The summed E-state index contributed by atoms with van der Waals surface area (Å²) in [5.41, 5.74) is -0.379. The van der Waals surface area contributed by atoms with Crippen LogP contribution in [0.2, 0.25) is 5.28 Å². The van der Waals surface area contributed by atoms with Crippen molar-refractivity contribution >= 4 is 23.5 Å². The molecule has 2 rings (SSSR count). The van der Waals surface area contributed by atoms with E-state index < -0.39 is 5.60 Å². The molecule has 0 aliphatic heterocycles. The number of nitrogens with one attached hydrogen (secondary N) is 2. The van der Waals surface area contributed by atoms with Crippen LogP contribution in [0.5, 0.6) is 0 Å². The van der Waals surface area contributed by atoms with Gasteiger partial charge < -0.3 is 15.7 Å². The Bertz CT molecular complexity index is 470. The molecule has 1 aliphatic carbocycles. The second kappa shape index (κ2) is 5.69. The van der Waals surface area contributed by atoms with Crippen molar-refractivity contribution in [1.29, 1.82) is 0 Å². The van der Waals surface area contributed by atoms with Gasteiger partial charge in [-0.1, -0.05) is 13.8 Å². The van der Waals surface area contributed by atoms with E-state index in [-0.39, 0.29) is 5.28 Å². The van der Waals surface area contributed by atoms with Crippen molar-refractivity contribution in [1.82, 2.24) is 15.0 Å². The highest BCUT2D eigenvalue weighted by Gasteiger charge is 2.36. The lowest BCUT2D eigenvalue weighted by Crippen LogP contribution is -2.42. The van der Waals surface area contributed by atoms with Crippen LogP contribution in [-0.4, -0.2) is 39.3 Å². The maximum absolute atomic E-state index is 10.6. The Morgan fingerprint density at radius 2 is 1.70 bits per heavy atom.